The minimum absolute atomic E-state index is 0.971. The zero-order valence-electron chi connectivity index (χ0n) is 43.6. The first-order valence-corrected chi connectivity index (χ1v) is 27.9. The summed E-state index contributed by atoms with van der Waals surface area (Å²) >= 11 is 0. The lowest BCUT2D eigenvalue weighted by molar-refractivity contribution is 0.936. The maximum atomic E-state index is 5.29. The van der Waals surface area contributed by atoms with Crippen molar-refractivity contribution < 1.29 is 0 Å². The lowest BCUT2D eigenvalue weighted by Gasteiger charge is -2.20. The molecule has 0 fully saturated rings. The molecule has 16 rings (SSSR count). The highest BCUT2D eigenvalue weighted by Crippen LogP contribution is 2.48. The molecule has 0 amide bonds. The van der Waals surface area contributed by atoms with Crippen molar-refractivity contribution in [1.29, 1.82) is 0 Å². The van der Waals surface area contributed by atoms with Gasteiger partial charge in [0, 0.05) is 11.3 Å². The summed E-state index contributed by atoms with van der Waals surface area (Å²) in [4.78, 5) is 5.29. The van der Waals surface area contributed by atoms with Gasteiger partial charge in [0.1, 0.15) is 5.82 Å². The highest BCUT2D eigenvalue weighted by molar-refractivity contribution is 6.24. The van der Waals surface area contributed by atoms with Crippen molar-refractivity contribution in [3.63, 3.8) is 0 Å². The number of aromatic nitrogens is 2. The molecule has 2 aliphatic carbocycles. The molecule has 370 valence electrons. The standard InChI is InChI=1S/C77H52N2/c1-2-20-62(21-3-1)79-72-29-15-14-28-71(72)78-77(79)61-41-37-55-46-59(40-36-56(55)47-61)74-65-24-10-8-22-63(65)73(64-23-9-11-25-66(64)74)52-34-30-51(31-35-52)57-42-43-69-70(48-57)76(60-39-33-50-17-5-7-19-54(50)45-60)68-27-13-12-26-67(68)75(69)58-38-32-49-16-4-6-18-53(49)44-58/h2,4-13,15-27,29-48H,1,3,14,28H2. The number of benzene rings is 13. The number of fused-ring (bicyclic) bond motifs is 8. The molecule has 0 unspecified atom stereocenters. The van der Waals surface area contributed by atoms with Crippen molar-refractivity contribution in [3.05, 3.63) is 272 Å². The van der Waals surface area contributed by atoms with Gasteiger partial charge in [-0.2, -0.15) is 0 Å². The van der Waals surface area contributed by atoms with Crippen molar-refractivity contribution in [3.8, 4) is 67.0 Å². The van der Waals surface area contributed by atoms with Gasteiger partial charge in [0.15, 0.2) is 0 Å². The second-order valence-corrected chi connectivity index (χ2v) is 21.5. The van der Waals surface area contributed by atoms with Gasteiger partial charge in [0.05, 0.1) is 11.4 Å². The average Bonchev–Trinajstić information content (AvgIpc) is 3.95. The normalized spacial score (nSPS) is 13.3. The number of imidazole rings is 1. The Bertz CT molecular complexity index is 4890. The molecule has 1 heterocycles. The van der Waals surface area contributed by atoms with Gasteiger partial charge in [0.2, 0.25) is 0 Å². The first-order chi connectivity index (χ1) is 39.2. The predicted octanol–water partition coefficient (Wildman–Crippen LogP) is 21.1. The van der Waals surface area contributed by atoms with Gasteiger partial charge >= 0.3 is 0 Å². The molecule has 2 aliphatic rings. The monoisotopic (exact) mass is 1000 g/mol. The molecule has 1 aromatic heterocycles. The van der Waals surface area contributed by atoms with E-state index in [2.05, 4.69) is 272 Å². The van der Waals surface area contributed by atoms with Crippen LogP contribution in [-0.2, 0) is 6.42 Å². The van der Waals surface area contributed by atoms with Crippen molar-refractivity contribution >= 4 is 87.2 Å². The fraction of sp³-hybridized carbons (Fsp3) is 0.0519. The van der Waals surface area contributed by atoms with Gasteiger partial charge in [-0.25, -0.2) is 4.98 Å². The number of rotatable bonds is 7. The molecule has 2 heteroatoms. The first-order valence-electron chi connectivity index (χ1n) is 27.9. The molecule has 0 saturated carbocycles. The van der Waals surface area contributed by atoms with Crippen LogP contribution in [0.3, 0.4) is 0 Å². The average molecular weight is 1010 g/mol. The molecule has 2 nitrogen and oxygen atoms in total. The third-order valence-electron chi connectivity index (χ3n) is 17.0. The van der Waals surface area contributed by atoms with Crippen LogP contribution in [0.1, 0.15) is 30.7 Å². The molecular formula is C77H52N2. The maximum Gasteiger partial charge on any atom is 0.145 e. The third-order valence-corrected chi connectivity index (χ3v) is 17.0. The molecule has 0 bridgehead atoms. The van der Waals surface area contributed by atoms with Gasteiger partial charge in [-0.15, -0.1) is 0 Å². The van der Waals surface area contributed by atoms with Crippen molar-refractivity contribution in [1.82, 2.24) is 9.55 Å². The Labute approximate surface area is 459 Å². The second-order valence-electron chi connectivity index (χ2n) is 21.5. The van der Waals surface area contributed by atoms with E-state index in [0.29, 0.717) is 0 Å². The Balaban J connectivity index is 0.813. The summed E-state index contributed by atoms with van der Waals surface area (Å²) in [5.41, 5.74) is 17.0. The van der Waals surface area contributed by atoms with Crippen LogP contribution in [0, 0.1) is 0 Å². The van der Waals surface area contributed by atoms with Crippen LogP contribution < -0.4 is 0 Å². The van der Waals surface area contributed by atoms with E-state index in [1.54, 1.807) is 0 Å². The van der Waals surface area contributed by atoms with Crippen molar-refractivity contribution in [2.45, 2.75) is 25.7 Å². The van der Waals surface area contributed by atoms with Gasteiger partial charge in [-0.05, 0) is 199 Å². The number of nitrogens with zero attached hydrogens (tertiary/aromatic N) is 2. The maximum absolute atomic E-state index is 5.29. The van der Waals surface area contributed by atoms with E-state index in [9.17, 15) is 0 Å². The minimum Gasteiger partial charge on any atom is -0.293 e. The molecule has 13 aromatic carbocycles. The number of allylic oxidation sites excluding steroid dienone is 5. The minimum atomic E-state index is 0.971. The fourth-order valence-electron chi connectivity index (χ4n) is 13.3. The van der Waals surface area contributed by atoms with Gasteiger partial charge in [0.25, 0.3) is 0 Å². The van der Waals surface area contributed by atoms with Crippen LogP contribution in [0.5, 0.6) is 0 Å². The van der Waals surface area contributed by atoms with Crippen molar-refractivity contribution in [2.24, 2.45) is 0 Å². The predicted molar refractivity (Wildman–Crippen MR) is 337 cm³/mol. The molecule has 0 radical (unpaired) electrons. The van der Waals surface area contributed by atoms with E-state index in [1.165, 1.54) is 148 Å². The van der Waals surface area contributed by atoms with Gasteiger partial charge in [-0.3, -0.25) is 4.57 Å². The van der Waals surface area contributed by atoms with Crippen molar-refractivity contribution in [2.75, 3.05) is 0 Å². The van der Waals surface area contributed by atoms with E-state index in [-0.39, 0.29) is 0 Å². The largest absolute Gasteiger partial charge is 0.293 e. The van der Waals surface area contributed by atoms with E-state index in [1.807, 2.05) is 0 Å². The Morgan fingerprint density at radius 2 is 0.696 bits per heavy atom. The molecule has 0 aliphatic heterocycles. The zero-order valence-corrected chi connectivity index (χ0v) is 43.6. The first kappa shape index (κ1) is 45.3. The van der Waals surface area contributed by atoms with E-state index < -0.39 is 0 Å². The van der Waals surface area contributed by atoms with Crippen LogP contribution in [0.4, 0.5) is 0 Å². The molecule has 14 aromatic rings. The Hall–Kier alpha value is -9.89. The molecule has 79 heavy (non-hydrogen) atoms. The smallest absolute Gasteiger partial charge is 0.145 e. The lowest BCUT2D eigenvalue weighted by atomic mass is 9.84. The quantitative estimate of drug-likeness (QED) is 0.146. The number of hydrogen-bond acceptors (Lipinski definition) is 1. The highest BCUT2D eigenvalue weighted by atomic mass is 15.1. The van der Waals surface area contributed by atoms with Crippen LogP contribution in [0.25, 0.3) is 154 Å². The summed E-state index contributed by atoms with van der Waals surface area (Å²) < 4.78 is 2.37. The fourth-order valence-corrected chi connectivity index (χ4v) is 13.3. The Morgan fingerprint density at radius 1 is 0.291 bits per heavy atom. The van der Waals surface area contributed by atoms with Crippen LogP contribution in [0.15, 0.2) is 261 Å². The summed E-state index contributed by atoms with van der Waals surface area (Å²) in [5.74, 6) is 1.02. The van der Waals surface area contributed by atoms with Crippen LogP contribution >= 0.6 is 0 Å². The summed E-state index contributed by atoms with van der Waals surface area (Å²) in [5, 5.41) is 17.4. The van der Waals surface area contributed by atoms with E-state index in [0.717, 1.165) is 37.1 Å². The summed E-state index contributed by atoms with van der Waals surface area (Å²) in [6, 6.07) is 88.7. The Kier molecular flexibility index (Phi) is 10.6. The zero-order chi connectivity index (χ0) is 52.0. The van der Waals surface area contributed by atoms with Gasteiger partial charge < -0.3 is 0 Å². The molecule has 0 saturated heterocycles. The SMILES string of the molecule is C1=CC(n2c(-c3ccc4cc(-c5c6ccccc6c(-c6ccc(-c7ccc8c(-c9ccc%10ccccc%10c9)c9ccccc9c(-c9ccc%10ccccc%10c9)c8c7)cc6)c6ccccc56)ccc4c3)nc3c2C=CCC3)=CCC1. The topological polar surface area (TPSA) is 17.8 Å². The highest BCUT2D eigenvalue weighted by Gasteiger charge is 2.23. The van der Waals surface area contributed by atoms with Crippen LogP contribution in [-0.4, -0.2) is 9.55 Å². The summed E-state index contributed by atoms with van der Waals surface area (Å²) in [7, 11) is 0. The number of aryl methyl sites for hydroxylation is 1. The summed E-state index contributed by atoms with van der Waals surface area (Å²) in [6.45, 7) is 0. The molecule has 0 N–H and O–H groups in total. The summed E-state index contributed by atoms with van der Waals surface area (Å²) in [6.07, 6.45) is 15.6. The molecule has 0 spiro atoms. The van der Waals surface area contributed by atoms with Gasteiger partial charge in [-0.1, -0.05) is 224 Å². The van der Waals surface area contributed by atoms with Crippen LogP contribution in [0.2, 0.25) is 0 Å². The third kappa shape index (κ3) is 7.51. The molecule has 0 atom stereocenters. The second kappa shape index (κ2) is 18.4. The van der Waals surface area contributed by atoms with E-state index >= 15 is 0 Å². The van der Waals surface area contributed by atoms with E-state index in [4.69, 9.17) is 4.98 Å². The molecular weight excluding hydrogens is 953 g/mol. The Morgan fingerprint density at radius 3 is 1.24 bits per heavy atom. The lowest BCUT2D eigenvalue weighted by Crippen LogP contribution is -2.04. The number of hydrogen-bond donors (Lipinski definition) is 0.